The summed E-state index contributed by atoms with van der Waals surface area (Å²) in [4.78, 5) is 52.4. The van der Waals surface area contributed by atoms with E-state index in [-0.39, 0.29) is 71.1 Å². The van der Waals surface area contributed by atoms with Gasteiger partial charge in [-0.15, -0.1) is 0 Å². The second kappa shape index (κ2) is 6.92. The van der Waals surface area contributed by atoms with Gasteiger partial charge in [0.05, 0.1) is 17.8 Å². The van der Waals surface area contributed by atoms with Gasteiger partial charge < -0.3 is 23.5 Å². The van der Waals surface area contributed by atoms with Crippen molar-refractivity contribution in [2.24, 2.45) is 17.3 Å². The molecule has 5 aliphatic rings. The molecule has 6 heterocycles. The molecular formula is C21H19NO11S. The van der Waals surface area contributed by atoms with Gasteiger partial charge in [0, 0.05) is 19.0 Å². The molecule has 0 radical (unpaired) electrons. The molecule has 1 aliphatic carbocycles. The highest BCUT2D eigenvalue weighted by molar-refractivity contribution is 7.85. The topological polar surface area (TPSA) is 167 Å². The molecular weight excluding hydrogens is 474 g/mol. The Morgan fingerprint density at radius 2 is 2.00 bits per heavy atom. The van der Waals surface area contributed by atoms with Crippen molar-refractivity contribution in [3.63, 3.8) is 0 Å². The SMILES string of the molecule is O=C1Oc2c(OC(=O)C34CC5CC(C3)C(=O)N(C5)C4)c3oc2c1c3C(=O)OCCCS(=O)(=O)O. The van der Waals surface area contributed by atoms with Gasteiger partial charge in [-0.1, -0.05) is 0 Å². The quantitative estimate of drug-likeness (QED) is 0.253. The van der Waals surface area contributed by atoms with Gasteiger partial charge in [-0.25, -0.2) is 9.59 Å². The lowest BCUT2D eigenvalue weighted by molar-refractivity contribution is -0.175. The molecule has 3 atom stereocenters. The maximum Gasteiger partial charge on any atom is 0.348 e. The molecule has 180 valence electrons. The molecule has 12 nitrogen and oxygen atoms in total. The van der Waals surface area contributed by atoms with Crippen molar-refractivity contribution >= 4 is 45.1 Å². The Kier molecular flexibility index (Phi) is 4.34. The maximum atomic E-state index is 13.3. The van der Waals surface area contributed by atoms with Crippen LogP contribution in [0.4, 0.5) is 0 Å². The van der Waals surface area contributed by atoms with E-state index in [0.717, 1.165) is 6.42 Å². The summed E-state index contributed by atoms with van der Waals surface area (Å²) in [6.07, 6.45) is 1.57. The van der Waals surface area contributed by atoms with Gasteiger partial charge >= 0.3 is 17.9 Å². The standard InChI is InChI=1S/C21H19NO11S/c23-17-10-4-9-5-21(6-10,8-22(17)7-9)20(26)33-16-13-11(12-14(31-13)15(16)32-19(12)25)18(24)30-2-1-3-34(27,28)29/h9-10H,1-8H2,(H,27,28,29). The van der Waals surface area contributed by atoms with E-state index in [9.17, 15) is 27.6 Å². The summed E-state index contributed by atoms with van der Waals surface area (Å²) in [5.41, 5.74) is -1.47. The van der Waals surface area contributed by atoms with Crippen LogP contribution in [0.5, 0.6) is 11.5 Å². The summed E-state index contributed by atoms with van der Waals surface area (Å²) in [6, 6.07) is 0. The van der Waals surface area contributed by atoms with Gasteiger partial charge in [-0.2, -0.15) is 8.42 Å². The molecule has 1 N–H and O–H groups in total. The highest BCUT2D eigenvalue weighted by atomic mass is 32.2. The van der Waals surface area contributed by atoms with E-state index in [1.54, 1.807) is 4.90 Å². The zero-order valence-corrected chi connectivity index (χ0v) is 18.5. The van der Waals surface area contributed by atoms with Crippen LogP contribution in [0.15, 0.2) is 4.42 Å². The average Bonchev–Trinajstić information content (AvgIpc) is 3.37. The zero-order chi connectivity index (χ0) is 24.0. The van der Waals surface area contributed by atoms with Crippen molar-refractivity contribution in [2.45, 2.75) is 25.7 Å². The highest BCUT2D eigenvalue weighted by Gasteiger charge is 2.59. The smallest absolute Gasteiger partial charge is 0.348 e. The number of fused-ring (bicyclic) bond motifs is 1. The molecule has 0 aromatic carbocycles. The number of hydrogen-bond acceptors (Lipinski definition) is 10. The van der Waals surface area contributed by atoms with Gasteiger partial charge in [0.15, 0.2) is 11.2 Å². The van der Waals surface area contributed by atoms with E-state index in [0.29, 0.717) is 19.4 Å². The Bertz CT molecular complexity index is 1350. The van der Waals surface area contributed by atoms with Crippen molar-refractivity contribution in [1.29, 1.82) is 0 Å². The Morgan fingerprint density at radius 1 is 1.21 bits per heavy atom. The third kappa shape index (κ3) is 3.03. The number of carbonyl (C=O) groups is 4. The van der Waals surface area contributed by atoms with Gasteiger partial charge in [-0.3, -0.25) is 14.1 Å². The Labute approximate surface area is 192 Å². The van der Waals surface area contributed by atoms with Crippen LogP contribution in [-0.4, -0.2) is 67.1 Å². The van der Waals surface area contributed by atoms with Crippen LogP contribution < -0.4 is 9.47 Å². The van der Waals surface area contributed by atoms with Crippen LogP contribution in [0.25, 0.3) is 11.2 Å². The first-order valence-corrected chi connectivity index (χ1v) is 12.4. The molecule has 4 fully saturated rings. The van der Waals surface area contributed by atoms with E-state index in [1.165, 1.54) is 0 Å². The first kappa shape index (κ1) is 21.4. The molecule has 13 heteroatoms. The average molecular weight is 493 g/mol. The monoisotopic (exact) mass is 493 g/mol. The zero-order valence-electron chi connectivity index (χ0n) is 17.7. The van der Waals surface area contributed by atoms with E-state index < -0.39 is 39.2 Å². The maximum absolute atomic E-state index is 13.3. The Hall–Kier alpha value is -3.19. The van der Waals surface area contributed by atoms with Crippen LogP contribution in [0.1, 0.15) is 46.4 Å². The van der Waals surface area contributed by atoms with Crippen LogP contribution in [0.3, 0.4) is 0 Å². The third-order valence-corrected chi connectivity index (χ3v) is 7.91. The van der Waals surface area contributed by atoms with E-state index >= 15 is 0 Å². The second-order valence-corrected chi connectivity index (χ2v) is 11.0. The van der Waals surface area contributed by atoms with Gasteiger partial charge in [0.2, 0.25) is 17.4 Å². The van der Waals surface area contributed by atoms with E-state index in [1.807, 2.05) is 0 Å². The molecule has 7 rings (SSSR count). The van der Waals surface area contributed by atoms with E-state index in [4.69, 9.17) is 23.2 Å². The molecule has 1 amide bonds. The largest absolute Gasteiger partial charge is 0.462 e. The Morgan fingerprint density at radius 3 is 2.74 bits per heavy atom. The minimum absolute atomic E-state index is 0.0304. The van der Waals surface area contributed by atoms with Gasteiger partial charge in [0.1, 0.15) is 11.1 Å². The lowest BCUT2D eigenvalue weighted by Crippen LogP contribution is -2.64. The molecule has 34 heavy (non-hydrogen) atoms. The normalized spacial score (nSPS) is 27.0. The summed E-state index contributed by atoms with van der Waals surface area (Å²) in [7, 11) is -4.21. The van der Waals surface area contributed by atoms with Crippen molar-refractivity contribution in [2.75, 3.05) is 25.4 Å². The summed E-state index contributed by atoms with van der Waals surface area (Å²) in [5.74, 6) is -3.21. The van der Waals surface area contributed by atoms with E-state index in [2.05, 4.69) is 0 Å². The predicted molar refractivity (Wildman–Crippen MR) is 109 cm³/mol. The molecule has 0 spiro atoms. The lowest BCUT2D eigenvalue weighted by Gasteiger charge is -2.55. The van der Waals surface area contributed by atoms with Crippen molar-refractivity contribution < 1.29 is 50.8 Å². The van der Waals surface area contributed by atoms with Crippen molar-refractivity contribution in [1.82, 2.24) is 4.90 Å². The first-order valence-electron chi connectivity index (χ1n) is 10.8. The fourth-order valence-corrected chi connectivity index (χ4v) is 6.37. The lowest BCUT2D eigenvalue weighted by atomic mass is 9.59. The molecule has 4 aliphatic heterocycles. The number of hydrogen-bond donors (Lipinski definition) is 1. The van der Waals surface area contributed by atoms with Crippen LogP contribution >= 0.6 is 0 Å². The minimum atomic E-state index is -4.21. The van der Waals surface area contributed by atoms with Crippen LogP contribution in [-0.2, 0) is 24.4 Å². The number of benzene rings is 1. The number of ether oxygens (including phenoxy) is 3. The molecule has 2 aromatic heterocycles. The number of rotatable bonds is 7. The summed E-state index contributed by atoms with van der Waals surface area (Å²) >= 11 is 0. The number of piperidine rings is 3. The first-order chi connectivity index (χ1) is 16.1. The third-order valence-electron chi connectivity index (χ3n) is 7.10. The van der Waals surface area contributed by atoms with Crippen LogP contribution in [0, 0.1) is 17.3 Å². The number of carbonyl (C=O) groups excluding carboxylic acids is 4. The molecule has 6 bridgehead atoms. The summed E-state index contributed by atoms with van der Waals surface area (Å²) < 4.78 is 51.8. The number of esters is 3. The summed E-state index contributed by atoms with van der Waals surface area (Å²) in [5, 5.41) is 0. The van der Waals surface area contributed by atoms with Crippen molar-refractivity contribution in [3.8, 4) is 11.5 Å². The molecule has 3 unspecified atom stereocenters. The predicted octanol–water partition coefficient (Wildman–Crippen LogP) is 1.00. The Balaban J connectivity index is 1.25. The molecule has 1 saturated carbocycles. The second-order valence-electron chi connectivity index (χ2n) is 9.43. The number of nitrogens with zero attached hydrogens (tertiary/aromatic N) is 1. The fraction of sp³-hybridized carbons (Fsp3) is 0.524. The molecule has 3 saturated heterocycles. The number of amides is 1. The van der Waals surface area contributed by atoms with Crippen molar-refractivity contribution in [3.05, 3.63) is 11.1 Å². The highest BCUT2D eigenvalue weighted by Crippen LogP contribution is 2.55. The minimum Gasteiger partial charge on any atom is -0.462 e. The van der Waals surface area contributed by atoms with Gasteiger partial charge in [0.25, 0.3) is 10.1 Å². The fourth-order valence-electron chi connectivity index (χ4n) is 5.89. The summed E-state index contributed by atoms with van der Waals surface area (Å²) in [6.45, 7) is 0.555. The number of furan rings is 2. The van der Waals surface area contributed by atoms with Crippen LogP contribution in [0.2, 0.25) is 0 Å². The molecule has 2 aromatic rings. The van der Waals surface area contributed by atoms with Gasteiger partial charge in [-0.05, 0) is 31.6 Å².